The lowest BCUT2D eigenvalue weighted by Gasteiger charge is -2.31. The minimum absolute atomic E-state index is 0.0193. The van der Waals surface area contributed by atoms with Crippen LogP contribution in [-0.4, -0.2) is 44.4 Å². The number of ether oxygens (including phenoxy) is 2. The predicted molar refractivity (Wildman–Crippen MR) is 113 cm³/mol. The number of anilines is 2. The van der Waals surface area contributed by atoms with Gasteiger partial charge in [0, 0.05) is 23.5 Å². The van der Waals surface area contributed by atoms with Crippen molar-refractivity contribution < 1.29 is 35.9 Å². The van der Waals surface area contributed by atoms with Gasteiger partial charge >= 0.3 is 12.3 Å². The quantitative estimate of drug-likeness (QED) is 0.673. The summed E-state index contributed by atoms with van der Waals surface area (Å²) >= 11 is 0. The third kappa shape index (κ3) is 4.70. The first-order chi connectivity index (χ1) is 15.4. The molecule has 0 unspecified atom stereocenters. The molecule has 2 aromatic rings. The molecule has 8 nitrogen and oxygen atoms in total. The summed E-state index contributed by atoms with van der Waals surface area (Å²) < 4.78 is 76.9. The Labute approximate surface area is 188 Å². The van der Waals surface area contributed by atoms with Gasteiger partial charge in [-0.25, -0.2) is 13.2 Å². The van der Waals surface area contributed by atoms with E-state index in [1.807, 2.05) is 0 Å². The van der Waals surface area contributed by atoms with Gasteiger partial charge in [-0.3, -0.25) is 14.6 Å². The van der Waals surface area contributed by atoms with E-state index in [1.165, 1.54) is 30.5 Å². The van der Waals surface area contributed by atoms with Crippen LogP contribution in [-0.2, 0) is 14.8 Å². The zero-order valence-corrected chi connectivity index (χ0v) is 18.7. The van der Waals surface area contributed by atoms with Gasteiger partial charge in [-0.15, -0.1) is 0 Å². The lowest BCUT2D eigenvalue weighted by Crippen LogP contribution is -2.44. The van der Waals surface area contributed by atoms with Gasteiger partial charge in [-0.1, -0.05) is 0 Å². The highest BCUT2D eigenvalue weighted by molar-refractivity contribution is 7.92. The maximum atomic E-state index is 13.4. The van der Waals surface area contributed by atoms with Crippen molar-refractivity contribution in [3.05, 3.63) is 42.2 Å². The second-order valence-electron chi connectivity index (χ2n) is 8.32. The van der Waals surface area contributed by atoms with Crippen molar-refractivity contribution in [3.63, 3.8) is 0 Å². The van der Waals surface area contributed by atoms with Gasteiger partial charge in [0.15, 0.2) is 0 Å². The van der Waals surface area contributed by atoms with E-state index in [2.05, 4.69) is 15.0 Å². The minimum atomic E-state index is -4.76. The third-order valence-electron chi connectivity index (χ3n) is 5.39. The Morgan fingerprint density at radius 3 is 2.61 bits per heavy atom. The van der Waals surface area contributed by atoms with E-state index >= 15 is 0 Å². The number of nitrogens with one attached hydrogen (secondary N) is 1. The third-order valence-corrected chi connectivity index (χ3v) is 7.20. The average Bonchev–Trinajstić information content (AvgIpc) is 3.57. The fourth-order valence-electron chi connectivity index (χ4n) is 3.27. The number of pyridine rings is 1. The van der Waals surface area contributed by atoms with Crippen LogP contribution >= 0.6 is 0 Å². The fraction of sp³-hybridized carbons (Fsp3) is 0.429. The number of carbonyl (C=O) groups excluding carboxylic acids is 1. The van der Waals surface area contributed by atoms with Gasteiger partial charge in [-0.2, -0.15) is 13.2 Å². The number of hydrogen-bond donors (Lipinski definition) is 1. The summed E-state index contributed by atoms with van der Waals surface area (Å²) in [6, 6.07) is 7.10. The van der Waals surface area contributed by atoms with Crippen molar-refractivity contribution in [2.75, 3.05) is 22.8 Å². The number of hydrogen-bond acceptors (Lipinski definition) is 6. The second kappa shape index (κ2) is 8.08. The zero-order valence-electron chi connectivity index (χ0n) is 17.8. The molecule has 0 bridgehead atoms. The largest absolute Gasteiger partial charge is 0.489 e. The van der Waals surface area contributed by atoms with E-state index in [-0.39, 0.29) is 41.1 Å². The van der Waals surface area contributed by atoms with Crippen LogP contribution in [0.2, 0.25) is 0 Å². The number of benzene rings is 1. The summed E-state index contributed by atoms with van der Waals surface area (Å²) in [6.45, 7) is 1.59. The molecule has 0 radical (unpaired) electrons. The van der Waals surface area contributed by atoms with Crippen molar-refractivity contribution in [2.24, 2.45) is 0 Å². The molecule has 1 N–H and O–H groups in total. The number of halogens is 3. The number of rotatable bonds is 5. The molecule has 178 valence electrons. The van der Waals surface area contributed by atoms with Crippen molar-refractivity contribution >= 4 is 27.5 Å². The number of fused-ring (bicyclic) bond motifs is 1. The van der Waals surface area contributed by atoms with Crippen molar-refractivity contribution in [1.82, 2.24) is 4.98 Å². The average molecular weight is 485 g/mol. The van der Waals surface area contributed by atoms with Crippen LogP contribution in [0.25, 0.3) is 0 Å². The Hall–Kier alpha value is -3.02. The highest BCUT2D eigenvalue weighted by Crippen LogP contribution is 2.41. The van der Waals surface area contributed by atoms with Crippen LogP contribution in [0.4, 0.5) is 29.3 Å². The Morgan fingerprint density at radius 2 is 1.94 bits per heavy atom. The molecular weight excluding hydrogens is 463 g/mol. The normalized spacial score (nSPS) is 16.6. The van der Waals surface area contributed by atoms with Gasteiger partial charge in [0.25, 0.3) is 10.0 Å². The Kier molecular flexibility index (Phi) is 5.67. The summed E-state index contributed by atoms with van der Waals surface area (Å²) in [7, 11) is -3.98. The van der Waals surface area contributed by atoms with Gasteiger partial charge < -0.3 is 9.47 Å². The number of aromatic nitrogens is 1. The Balaban J connectivity index is 1.59. The molecule has 0 saturated heterocycles. The maximum absolute atomic E-state index is 13.4. The first-order valence-corrected chi connectivity index (χ1v) is 11.6. The molecule has 12 heteroatoms. The molecule has 1 saturated carbocycles. The molecule has 1 aliphatic carbocycles. The number of alkyl halides is 3. The smallest absolute Gasteiger partial charge is 0.427 e. The zero-order chi connectivity index (χ0) is 24.0. The van der Waals surface area contributed by atoms with E-state index in [4.69, 9.17) is 4.74 Å². The summed E-state index contributed by atoms with van der Waals surface area (Å²) in [4.78, 5) is 16.4. The van der Waals surface area contributed by atoms with E-state index < -0.39 is 27.9 Å². The number of carbonyl (C=O) groups is 1. The molecule has 0 atom stereocenters. The molecule has 2 heterocycles. The lowest BCUT2D eigenvalue weighted by molar-refractivity contribution is -0.242. The summed E-state index contributed by atoms with van der Waals surface area (Å²) in [5.74, 6) is 0.524. The SMILES string of the molecule is CC(C)(OC(=O)Nc1ccc2c(c1)N(S(=O)(=O)c1ccnc(C3CC3)c1)CCO2)C(F)(F)F. The molecule has 1 fully saturated rings. The van der Waals surface area contributed by atoms with Crippen molar-refractivity contribution in [2.45, 2.75) is 49.3 Å². The molecule has 1 aliphatic heterocycles. The molecule has 4 rings (SSSR count). The number of nitrogens with zero attached hydrogens (tertiary/aromatic N) is 2. The molecule has 1 aromatic heterocycles. The van der Waals surface area contributed by atoms with E-state index in [1.54, 1.807) is 6.07 Å². The molecule has 1 amide bonds. The lowest BCUT2D eigenvalue weighted by atomic mass is 10.1. The Morgan fingerprint density at radius 1 is 1.21 bits per heavy atom. The summed E-state index contributed by atoms with van der Waals surface area (Å²) in [5, 5.41) is 2.22. The van der Waals surface area contributed by atoms with Crippen LogP contribution in [0.15, 0.2) is 41.4 Å². The number of sulfonamides is 1. The standard InChI is InChI=1S/C21H22F3N3O5S/c1-20(2,21(22,23)24)32-19(28)26-14-5-6-18-17(11-14)27(9-10-31-18)33(29,30)15-7-8-25-16(12-15)13-3-4-13/h5-8,11-13H,3-4,9-10H2,1-2H3,(H,26,28). The monoisotopic (exact) mass is 485 g/mol. The number of amides is 1. The van der Waals surface area contributed by atoms with E-state index in [0.717, 1.165) is 36.7 Å². The van der Waals surface area contributed by atoms with E-state index in [0.29, 0.717) is 0 Å². The first kappa shape index (κ1) is 23.1. The van der Waals surface area contributed by atoms with Gasteiger partial charge in [0.1, 0.15) is 12.4 Å². The molecular formula is C21H22F3N3O5S. The topological polar surface area (TPSA) is 97.8 Å². The van der Waals surface area contributed by atoms with Crippen LogP contribution < -0.4 is 14.4 Å². The van der Waals surface area contributed by atoms with Crippen LogP contribution in [0.3, 0.4) is 0 Å². The highest BCUT2D eigenvalue weighted by atomic mass is 32.2. The minimum Gasteiger partial charge on any atom is -0.489 e. The van der Waals surface area contributed by atoms with Gasteiger partial charge in [0.05, 0.1) is 17.1 Å². The highest BCUT2D eigenvalue weighted by Gasteiger charge is 2.51. The van der Waals surface area contributed by atoms with Crippen molar-refractivity contribution in [1.29, 1.82) is 0 Å². The second-order valence-corrected chi connectivity index (χ2v) is 10.2. The molecule has 2 aliphatic rings. The summed E-state index contributed by atoms with van der Waals surface area (Å²) in [5.41, 5.74) is -1.78. The van der Waals surface area contributed by atoms with Crippen LogP contribution in [0, 0.1) is 0 Å². The van der Waals surface area contributed by atoms with E-state index in [9.17, 15) is 26.4 Å². The molecule has 33 heavy (non-hydrogen) atoms. The molecule has 1 aromatic carbocycles. The maximum Gasteiger partial charge on any atom is 0.427 e. The molecule has 0 spiro atoms. The first-order valence-electron chi connectivity index (χ1n) is 10.2. The fourth-order valence-corrected chi connectivity index (χ4v) is 4.75. The summed E-state index contributed by atoms with van der Waals surface area (Å²) in [6.07, 6.45) is -2.70. The van der Waals surface area contributed by atoms with Crippen molar-refractivity contribution in [3.8, 4) is 5.75 Å². The van der Waals surface area contributed by atoms with Crippen LogP contribution in [0.1, 0.15) is 38.3 Å². The van der Waals surface area contributed by atoms with Crippen LogP contribution in [0.5, 0.6) is 5.75 Å². The van der Waals surface area contributed by atoms with Gasteiger partial charge in [-0.05, 0) is 57.0 Å². The van der Waals surface area contributed by atoms with Gasteiger partial charge in [0.2, 0.25) is 5.60 Å². The predicted octanol–water partition coefficient (Wildman–Crippen LogP) is 4.44. The Bertz CT molecular complexity index is 1180.